The Balaban J connectivity index is 2.87. The maximum Gasteiger partial charge on any atom is 0.221 e. The number of halogens is 2. The lowest BCUT2D eigenvalue weighted by atomic mass is 10.2. The largest absolute Gasteiger partial charge is 0.506 e. The molecule has 0 aliphatic carbocycles. The third-order valence-corrected chi connectivity index (χ3v) is 2.78. The van der Waals surface area contributed by atoms with Gasteiger partial charge in [0.15, 0.2) is 6.21 Å². The summed E-state index contributed by atoms with van der Waals surface area (Å²) in [6, 6.07) is 3.49. The van der Waals surface area contributed by atoms with Crippen molar-refractivity contribution in [2.75, 3.05) is 0 Å². The van der Waals surface area contributed by atoms with E-state index in [2.05, 4.69) is 54.6 Å². The summed E-state index contributed by atoms with van der Waals surface area (Å²) in [5, 5.41) is 12.3. The molecule has 0 spiro atoms. The maximum atomic E-state index is 9.46. The van der Waals surface area contributed by atoms with Crippen molar-refractivity contribution in [2.45, 2.75) is 0 Å². The number of hydrogen-bond donors (Lipinski definition) is 4. The summed E-state index contributed by atoms with van der Waals surface area (Å²) in [7, 11) is 0. The fourth-order valence-electron chi connectivity index (χ4n) is 0.859. The second kappa shape index (κ2) is 5.43. The van der Waals surface area contributed by atoms with E-state index in [9.17, 15) is 5.11 Å². The van der Waals surface area contributed by atoms with E-state index in [4.69, 9.17) is 5.73 Å². The Labute approximate surface area is 109 Å². The molecule has 1 rings (SSSR count). The van der Waals surface area contributed by atoms with Crippen molar-refractivity contribution in [2.24, 2.45) is 5.73 Å². The van der Waals surface area contributed by atoms with Crippen LogP contribution >= 0.6 is 44.1 Å². The van der Waals surface area contributed by atoms with E-state index >= 15 is 0 Å². The Morgan fingerprint density at radius 1 is 1.47 bits per heavy atom. The van der Waals surface area contributed by atoms with Crippen molar-refractivity contribution in [3.8, 4) is 5.75 Å². The number of nitrogens with one attached hydrogen (secondary N) is 2. The quantitative estimate of drug-likeness (QED) is 0.347. The summed E-state index contributed by atoms with van der Waals surface area (Å²) in [6.45, 7) is 0. The van der Waals surface area contributed by atoms with Crippen molar-refractivity contribution in [1.29, 1.82) is 0 Å². The minimum absolute atomic E-state index is 0.156. The molecular formula is C8H8Br2N3OS+. The monoisotopic (exact) mass is 352 g/mol. The van der Waals surface area contributed by atoms with E-state index in [1.165, 1.54) is 0 Å². The number of nitrogens with two attached hydrogens (primary N) is 1. The first kappa shape index (κ1) is 12.4. The normalized spacial score (nSPS) is 10.5. The van der Waals surface area contributed by atoms with Crippen LogP contribution in [-0.4, -0.2) is 16.4 Å². The molecule has 15 heavy (non-hydrogen) atoms. The number of aromatic hydroxyl groups is 1. The first-order valence-corrected chi connectivity index (χ1v) is 5.82. The van der Waals surface area contributed by atoms with Crippen LogP contribution in [0.2, 0.25) is 0 Å². The number of phenolic OH excluding ortho intramolecular Hbond substituents is 1. The smallest absolute Gasteiger partial charge is 0.221 e. The predicted molar refractivity (Wildman–Crippen MR) is 69.6 cm³/mol. The van der Waals surface area contributed by atoms with E-state index < -0.39 is 0 Å². The molecule has 0 atom stereocenters. The zero-order valence-corrected chi connectivity index (χ0v) is 11.4. The number of rotatable bonds is 2. The van der Waals surface area contributed by atoms with Crippen LogP contribution in [-0.2, 0) is 0 Å². The second-order valence-electron chi connectivity index (χ2n) is 2.61. The SMILES string of the molecule is NC(=S)N[NH+]=Cc1cc(Br)c(O)c(Br)c1. The van der Waals surface area contributed by atoms with E-state index in [0.29, 0.717) is 8.95 Å². The lowest BCUT2D eigenvalue weighted by Gasteiger charge is -2.00. The molecule has 0 heterocycles. The summed E-state index contributed by atoms with van der Waals surface area (Å²) >= 11 is 11.0. The molecule has 0 aliphatic rings. The Morgan fingerprint density at radius 3 is 2.47 bits per heavy atom. The van der Waals surface area contributed by atoms with Crippen LogP contribution in [0.15, 0.2) is 21.1 Å². The number of hydrazone groups is 1. The molecule has 0 radical (unpaired) electrons. The van der Waals surface area contributed by atoms with Gasteiger partial charge in [0, 0.05) is 5.56 Å². The molecule has 0 aliphatic heterocycles. The third-order valence-electron chi connectivity index (χ3n) is 1.47. The van der Waals surface area contributed by atoms with Gasteiger partial charge in [-0.15, -0.1) is 10.5 Å². The standard InChI is InChI=1S/C8H7Br2N3OS/c9-5-1-4(2-6(10)7(5)14)3-12-13-8(11)15/h1-3,14H,(H3,11,13,15)/p+1. The van der Waals surface area contributed by atoms with E-state index in [-0.39, 0.29) is 10.9 Å². The van der Waals surface area contributed by atoms with Gasteiger partial charge in [0.05, 0.1) is 8.95 Å². The van der Waals surface area contributed by atoms with Crippen molar-refractivity contribution < 1.29 is 10.2 Å². The van der Waals surface area contributed by atoms with Crippen LogP contribution in [0.4, 0.5) is 0 Å². The number of benzene rings is 1. The van der Waals surface area contributed by atoms with Crippen molar-refractivity contribution in [3.05, 3.63) is 26.6 Å². The predicted octanol–water partition coefficient (Wildman–Crippen LogP) is 0.165. The zero-order chi connectivity index (χ0) is 11.4. The molecule has 7 heteroatoms. The van der Waals surface area contributed by atoms with E-state index in [1.54, 1.807) is 18.3 Å². The number of phenols is 1. The summed E-state index contributed by atoms with van der Waals surface area (Å²) < 4.78 is 1.19. The first-order chi connectivity index (χ1) is 7.00. The number of hydrogen-bond acceptors (Lipinski definition) is 2. The van der Waals surface area contributed by atoms with Gasteiger partial charge in [-0.1, -0.05) is 0 Å². The molecule has 0 amide bonds. The van der Waals surface area contributed by atoms with Gasteiger partial charge in [0.1, 0.15) is 5.75 Å². The Kier molecular flexibility index (Phi) is 4.49. The highest BCUT2D eigenvalue weighted by Crippen LogP contribution is 2.32. The van der Waals surface area contributed by atoms with Crippen LogP contribution < -0.4 is 16.3 Å². The lowest BCUT2D eigenvalue weighted by Crippen LogP contribution is -2.82. The van der Waals surface area contributed by atoms with E-state index in [0.717, 1.165) is 5.56 Å². The number of thiocarbonyl (C=S) groups is 1. The lowest BCUT2D eigenvalue weighted by molar-refractivity contribution is -0.499. The molecule has 0 aromatic heterocycles. The summed E-state index contributed by atoms with van der Waals surface area (Å²) in [6.07, 6.45) is 1.66. The van der Waals surface area contributed by atoms with Crippen molar-refractivity contribution >= 4 is 55.4 Å². The van der Waals surface area contributed by atoms with Crippen LogP contribution in [0.1, 0.15) is 5.56 Å². The second-order valence-corrected chi connectivity index (χ2v) is 4.76. The molecule has 4 nitrogen and oxygen atoms in total. The topological polar surface area (TPSA) is 72.2 Å². The van der Waals surface area contributed by atoms with E-state index in [1.807, 2.05) is 0 Å². The Morgan fingerprint density at radius 2 is 2.00 bits per heavy atom. The maximum absolute atomic E-state index is 9.46. The third kappa shape index (κ3) is 3.77. The number of hydrazine groups is 1. The van der Waals surface area contributed by atoms with Crippen LogP contribution in [0.3, 0.4) is 0 Å². The molecule has 0 saturated carbocycles. The highest BCUT2D eigenvalue weighted by Gasteiger charge is 2.05. The average molecular weight is 354 g/mol. The van der Waals surface area contributed by atoms with Crippen LogP contribution in [0, 0.1) is 0 Å². The molecule has 0 unspecified atom stereocenters. The molecule has 5 N–H and O–H groups in total. The van der Waals surface area contributed by atoms with Gasteiger partial charge in [0.25, 0.3) is 0 Å². The molecule has 1 aromatic rings. The van der Waals surface area contributed by atoms with Crippen molar-refractivity contribution in [1.82, 2.24) is 5.43 Å². The van der Waals surface area contributed by atoms with Crippen LogP contribution in [0.5, 0.6) is 5.75 Å². The van der Waals surface area contributed by atoms with Gasteiger partial charge in [-0.3, -0.25) is 0 Å². The Hall–Kier alpha value is -0.660. The van der Waals surface area contributed by atoms with Gasteiger partial charge in [-0.05, 0) is 56.2 Å². The zero-order valence-electron chi connectivity index (χ0n) is 7.42. The van der Waals surface area contributed by atoms with Crippen molar-refractivity contribution in [3.63, 3.8) is 0 Å². The minimum atomic E-state index is 0.156. The average Bonchev–Trinajstić information content (AvgIpc) is 2.13. The minimum Gasteiger partial charge on any atom is -0.506 e. The summed E-state index contributed by atoms with van der Waals surface area (Å²) in [5.41, 5.74) is 8.62. The fourth-order valence-corrected chi connectivity index (χ4v) is 2.14. The summed E-state index contributed by atoms with van der Waals surface area (Å²) in [5.74, 6) is 0.162. The highest BCUT2D eigenvalue weighted by molar-refractivity contribution is 9.11. The Bertz CT molecular complexity index is 399. The molecule has 0 fully saturated rings. The molecule has 0 bridgehead atoms. The molecule has 1 aromatic carbocycles. The molecule has 0 saturated heterocycles. The highest BCUT2D eigenvalue weighted by atomic mass is 79.9. The van der Waals surface area contributed by atoms with Gasteiger partial charge in [-0.25, -0.2) is 0 Å². The van der Waals surface area contributed by atoms with Gasteiger partial charge < -0.3 is 10.8 Å². The van der Waals surface area contributed by atoms with Gasteiger partial charge in [-0.2, -0.15) is 0 Å². The molecular weight excluding hydrogens is 346 g/mol. The fraction of sp³-hybridized carbons (Fsp3) is 0. The molecule has 80 valence electrons. The first-order valence-electron chi connectivity index (χ1n) is 3.83. The van der Waals surface area contributed by atoms with Gasteiger partial charge >= 0.3 is 0 Å². The van der Waals surface area contributed by atoms with Gasteiger partial charge in [0.2, 0.25) is 5.11 Å². The van der Waals surface area contributed by atoms with Crippen LogP contribution in [0.25, 0.3) is 0 Å². The summed E-state index contributed by atoms with van der Waals surface area (Å²) in [4.78, 5) is 0.